The van der Waals surface area contributed by atoms with E-state index in [0.717, 1.165) is 0 Å². The molecule has 0 fully saturated rings. The standard InChI is InChI=1S/C13H21NO3/c1-13(2,3)14-8-11(16)9-17-12-6-4-5-10(15)7-12/h4-7,11,14-16H,8-9H2,1-3H3/t11-/m0/s1. The van der Waals surface area contributed by atoms with Crippen molar-refractivity contribution in [2.75, 3.05) is 13.2 Å². The molecule has 1 aromatic carbocycles. The van der Waals surface area contributed by atoms with Gasteiger partial charge in [0.2, 0.25) is 0 Å². The van der Waals surface area contributed by atoms with Gasteiger partial charge in [-0.1, -0.05) is 6.07 Å². The first-order valence-corrected chi connectivity index (χ1v) is 5.72. The lowest BCUT2D eigenvalue weighted by molar-refractivity contribution is 0.0999. The summed E-state index contributed by atoms with van der Waals surface area (Å²) in [5.41, 5.74) is -0.0218. The van der Waals surface area contributed by atoms with E-state index in [1.807, 2.05) is 20.8 Å². The SMILES string of the molecule is CC(C)(C)NC[C@H](O)COc1cccc(O)c1. The average Bonchev–Trinajstić information content (AvgIpc) is 2.23. The fourth-order valence-electron chi connectivity index (χ4n) is 1.25. The first-order chi connectivity index (χ1) is 7.87. The van der Waals surface area contributed by atoms with Crippen molar-refractivity contribution in [1.82, 2.24) is 5.32 Å². The third-order valence-electron chi connectivity index (χ3n) is 2.13. The Morgan fingerprint density at radius 3 is 2.65 bits per heavy atom. The Hall–Kier alpha value is -1.26. The smallest absolute Gasteiger partial charge is 0.123 e. The summed E-state index contributed by atoms with van der Waals surface area (Å²) in [6, 6.07) is 6.53. The van der Waals surface area contributed by atoms with Gasteiger partial charge >= 0.3 is 0 Å². The molecule has 96 valence electrons. The predicted octanol–water partition coefficient (Wildman–Crippen LogP) is 1.52. The molecular weight excluding hydrogens is 218 g/mol. The van der Waals surface area contributed by atoms with E-state index in [-0.39, 0.29) is 17.9 Å². The maximum atomic E-state index is 9.69. The third-order valence-corrected chi connectivity index (χ3v) is 2.13. The number of ether oxygens (including phenoxy) is 1. The number of hydrogen-bond acceptors (Lipinski definition) is 4. The van der Waals surface area contributed by atoms with E-state index >= 15 is 0 Å². The Labute approximate surface area is 102 Å². The second kappa shape index (κ2) is 5.89. The first-order valence-electron chi connectivity index (χ1n) is 5.72. The number of aliphatic hydroxyl groups is 1. The lowest BCUT2D eigenvalue weighted by atomic mass is 10.1. The predicted molar refractivity (Wildman–Crippen MR) is 67.4 cm³/mol. The molecule has 17 heavy (non-hydrogen) atoms. The van der Waals surface area contributed by atoms with Crippen LogP contribution >= 0.6 is 0 Å². The van der Waals surface area contributed by atoms with Crippen molar-refractivity contribution < 1.29 is 14.9 Å². The Kier molecular flexibility index (Phi) is 4.78. The summed E-state index contributed by atoms with van der Waals surface area (Å²) >= 11 is 0. The summed E-state index contributed by atoms with van der Waals surface area (Å²) in [6.45, 7) is 6.79. The number of rotatable bonds is 5. The van der Waals surface area contributed by atoms with Gasteiger partial charge in [-0.25, -0.2) is 0 Å². The van der Waals surface area contributed by atoms with Crippen molar-refractivity contribution in [3.05, 3.63) is 24.3 Å². The fourth-order valence-corrected chi connectivity index (χ4v) is 1.25. The zero-order valence-corrected chi connectivity index (χ0v) is 10.6. The minimum absolute atomic E-state index is 0.0218. The normalized spacial score (nSPS) is 13.4. The minimum atomic E-state index is -0.573. The quantitative estimate of drug-likeness (QED) is 0.729. The number of phenolic OH excluding ortho intramolecular Hbond substituents is 1. The van der Waals surface area contributed by atoms with Gasteiger partial charge in [0.25, 0.3) is 0 Å². The van der Waals surface area contributed by atoms with E-state index in [2.05, 4.69) is 5.32 Å². The van der Waals surface area contributed by atoms with Gasteiger partial charge in [-0.05, 0) is 32.9 Å². The number of nitrogens with one attached hydrogen (secondary N) is 1. The largest absolute Gasteiger partial charge is 0.508 e. The zero-order chi connectivity index (χ0) is 12.9. The molecular formula is C13H21NO3. The highest BCUT2D eigenvalue weighted by molar-refractivity contribution is 5.31. The molecule has 0 aliphatic rings. The van der Waals surface area contributed by atoms with Gasteiger partial charge in [-0.3, -0.25) is 0 Å². The van der Waals surface area contributed by atoms with Gasteiger partial charge in [0.05, 0.1) is 0 Å². The highest BCUT2D eigenvalue weighted by Crippen LogP contribution is 2.17. The second-order valence-corrected chi connectivity index (χ2v) is 5.09. The second-order valence-electron chi connectivity index (χ2n) is 5.09. The van der Waals surface area contributed by atoms with E-state index in [1.165, 1.54) is 6.07 Å². The Balaban J connectivity index is 2.31. The molecule has 4 heteroatoms. The lowest BCUT2D eigenvalue weighted by Gasteiger charge is -2.22. The highest BCUT2D eigenvalue weighted by Gasteiger charge is 2.12. The molecule has 0 bridgehead atoms. The number of phenols is 1. The molecule has 0 heterocycles. The van der Waals surface area contributed by atoms with E-state index < -0.39 is 6.10 Å². The zero-order valence-electron chi connectivity index (χ0n) is 10.6. The van der Waals surface area contributed by atoms with Crippen LogP contribution in [0, 0.1) is 0 Å². The van der Waals surface area contributed by atoms with Crippen LogP contribution in [0.2, 0.25) is 0 Å². The maximum absolute atomic E-state index is 9.69. The fraction of sp³-hybridized carbons (Fsp3) is 0.538. The van der Waals surface area contributed by atoms with Gasteiger partial charge in [0, 0.05) is 18.2 Å². The number of aromatic hydroxyl groups is 1. The molecule has 0 aliphatic carbocycles. The van der Waals surface area contributed by atoms with Gasteiger partial charge in [-0.15, -0.1) is 0 Å². The Bertz CT molecular complexity index is 347. The van der Waals surface area contributed by atoms with Crippen molar-refractivity contribution in [3.8, 4) is 11.5 Å². The summed E-state index contributed by atoms with van der Waals surface area (Å²) in [5, 5.41) is 22.1. The summed E-state index contributed by atoms with van der Waals surface area (Å²) in [4.78, 5) is 0. The summed E-state index contributed by atoms with van der Waals surface area (Å²) in [7, 11) is 0. The van der Waals surface area contributed by atoms with Crippen LogP contribution in [0.3, 0.4) is 0 Å². The van der Waals surface area contributed by atoms with Crippen molar-refractivity contribution >= 4 is 0 Å². The molecule has 0 saturated heterocycles. The van der Waals surface area contributed by atoms with Crippen LogP contribution in [-0.4, -0.2) is 35.0 Å². The summed E-state index contributed by atoms with van der Waals surface area (Å²) in [5.74, 6) is 0.713. The van der Waals surface area contributed by atoms with Crippen LogP contribution in [0.25, 0.3) is 0 Å². The Morgan fingerprint density at radius 1 is 1.35 bits per heavy atom. The number of hydrogen-bond donors (Lipinski definition) is 3. The van der Waals surface area contributed by atoms with E-state index in [1.54, 1.807) is 18.2 Å². The van der Waals surface area contributed by atoms with Crippen LogP contribution in [0.4, 0.5) is 0 Å². The van der Waals surface area contributed by atoms with Crippen LogP contribution in [0.15, 0.2) is 24.3 Å². The monoisotopic (exact) mass is 239 g/mol. The van der Waals surface area contributed by atoms with Gasteiger partial charge in [0.15, 0.2) is 0 Å². The highest BCUT2D eigenvalue weighted by atomic mass is 16.5. The molecule has 0 amide bonds. The average molecular weight is 239 g/mol. The van der Waals surface area contributed by atoms with Crippen LogP contribution < -0.4 is 10.1 Å². The summed E-state index contributed by atoms with van der Waals surface area (Å²) in [6.07, 6.45) is -0.573. The number of benzene rings is 1. The Morgan fingerprint density at radius 2 is 2.06 bits per heavy atom. The van der Waals surface area contributed by atoms with E-state index in [0.29, 0.717) is 12.3 Å². The van der Waals surface area contributed by atoms with E-state index in [4.69, 9.17) is 4.74 Å². The van der Waals surface area contributed by atoms with Crippen LogP contribution in [0.5, 0.6) is 11.5 Å². The third kappa shape index (κ3) is 6.14. The summed E-state index contributed by atoms with van der Waals surface area (Å²) < 4.78 is 5.36. The van der Waals surface area contributed by atoms with Crippen molar-refractivity contribution in [1.29, 1.82) is 0 Å². The molecule has 0 radical (unpaired) electrons. The van der Waals surface area contributed by atoms with E-state index in [9.17, 15) is 10.2 Å². The molecule has 0 spiro atoms. The molecule has 0 aliphatic heterocycles. The molecule has 1 atom stereocenters. The molecule has 0 unspecified atom stereocenters. The number of aliphatic hydroxyl groups excluding tert-OH is 1. The first kappa shape index (κ1) is 13.8. The van der Waals surface area contributed by atoms with Crippen LogP contribution in [-0.2, 0) is 0 Å². The molecule has 3 N–H and O–H groups in total. The van der Waals surface area contributed by atoms with Crippen molar-refractivity contribution in [2.24, 2.45) is 0 Å². The lowest BCUT2D eigenvalue weighted by Crippen LogP contribution is -2.42. The molecule has 0 saturated carbocycles. The number of β-amino-alcohol motifs (C(OH)–C–C–N with tert-alkyl or cyclic N) is 1. The minimum Gasteiger partial charge on any atom is -0.508 e. The topological polar surface area (TPSA) is 61.7 Å². The van der Waals surface area contributed by atoms with Gasteiger partial charge < -0.3 is 20.3 Å². The van der Waals surface area contributed by atoms with Gasteiger partial charge in [-0.2, -0.15) is 0 Å². The van der Waals surface area contributed by atoms with Crippen molar-refractivity contribution in [3.63, 3.8) is 0 Å². The molecule has 0 aromatic heterocycles. The molecule has 4 nitrogen and oxygen atoms in total. The van der Waals surface area contributed by atoms with Crippen molar-refractivity contribution in [2.45, 2.75) is 32.4 Å². The molecule has 1 rings (SSSR count). The van der Waals surface area contributed by atoms with Gasteiger partial charge in [0.1, 0.15) is 24.2 Å². The van der Waals surface area contributed by atoms with Crippen LogP contribution in [0.1, 0.15) is 20.8 Å². The maximum Gasteiger partial charge on any atom is 0.123 e. The molecule has 1 aromatic rings.